The molecule has 4 atom stereocenters. The molecule has 5 heterocycles. The number of phenolic OH excluding ortho intramolecular Hbond substituents is 1. The van der Waals surface area contributed by atoms with E-state index in [4.69, 9.17) is 40.3 Å². The molecule has 9 rings (SSSR count). The maximum absolute atomic E-state index is 17.0. The van der Waals surface area contributed by atoms with Crippen molar-refractivity contribution < 1.29 is 52.7 Å². The minimum absolute atomic E-state index is 0.00138. The number of nitrogens with one attached hydrogen (secondary N) is 3. The van der Waals surface area contributed by atoms with Crippen LogP contribution in [0.15, 0.2) is 72.2 Å². The summed E-state index contributed by atoms with van der Waals surface area (Å²) in [5.74, 6) is -1.33. The fraction of sp³-hybridized carbons (Fsp3) is 0.508. The van der Waals surface area contributed by atoms with Gasteiger partial charge in [0.05, 0.1) is 73.0 Å². The van der Waals surface area contributed by atoms with E-state index in [1.165, 1.54) is 11.0 Å². The van der Waals surface area contributed by atoms with Crippen molar-refractivity contribution in [3.63, 3.8) is 0 Å². The maximum Gasteiger partial charge on any atom is 0.319 e. The van der Waals surface area contributed by atoms with Crippen molar-refractivity contribution in [2.45, 2.75) is 90.7 Å². The monoisotopic (exact) mass is 1180 g/mol. The molecule has 6 aromatic rings. The first-order valence-electron chi connectivity index (χ1n) is 28.7. The van der Waals surface area contributed by atoms with E-state index in [0.29, 0.717) is 75.8 Å². The van der Waals surface area contributed by atoms with Crippen molar-refractivity contribution in [1.82, 2.24) is 40.7 Å². The summed E-state index contributed by atoms with van der Waals surface area (Å²) < 4.78 is 46.5. The summed E-state index contributed by atoms with van der Waals surface area (Å²) in [7, 11) is 0. The molecule has 4 aromatic carbocycles. The predicted octanol–water partition coefficient (Wildman–Crippen LogP) is 6.94. The van der Waals surface area contributed by atoms with Crippen LogP contribution >= 0.6 is 22.9 Å². The Labute approximate surface area is 493 Å². The molecule has 83 heavy (non-hydrogen) atoms. The van der Waals surface area contributed by atoms with Gasteiger partial charge in [0.15, 0.2) is 5.82 Å². The number of aromatic hydroxyl groups is 1. The number of benzene rings is 4. The maximum atomic E-state index is 17.0. The molecule has 19 nitrogen and oxygen atoms in total. The van der Waals surface area contributed by atoms with Crippen LogP contribution in [0.1, 0.15) is 58.2 Å². The number of ether oxygens (including phenoxy) is 5. The number of hydrogen-bond acceptors (Lipinski definition) is 17. The lowest BCUT2D eigenvalue weighted by molar-refractivity contribution is -0.144. The Morgan fingerprint density at radius 3 is 2.34 bits per heavy atom. The third kappa shape index (κ3) is 16.0. The zero-order chi connectivity index (χ0) is 58.6. The lowest BCUT2D eigenvalue weighted by Crippen LogP contribution is -2.58. The minimum Gasteiger partial charge on any atom is -0.508 e. The third-order valence-electron chi connectivity index (χ3n) is 15.2. The standard InChI is InChI=1S/C61H77ClFN9O10S/c1-38(82-60-68-54-48(57(69-60)71-22-18-64-19-23-71)33-49(62)52(53(54)63)47-31-43(73)30-42-8-6-7-9-46(42)47)34-70-20-15-45(16-21-70)81-29-28-79-25-24-78-26-27-80-36-51(75)67-56(61(3,4)5)59(77)72-35-44(74)32-50(72)58(76)65-17-14-40-10-12-41(13-11-40)55-39(2)66-37-83-55/h6-13,30-31,33,37-38,44-45,50,56,64,73-74H,14-29,32,34-36H2,1-5H3,(H,65,76)(H,67,75)/t38-,44?,50?,56-/m1/s1. The molecule has 5 N–H and O–H groups in total. The quantitative estimate of drug-likeness (QED) is 0.0367. The molecule has 3 saturated heterocycles. The molecule has 0 saturated carbocycles. The number of hydrogen-bond donors (Lipinski definition) is 5. The van der Waals surface area contributed by atoms with Gasteiger partial charge in [-0.25, -0.2) is 9.37 Å². The number of anilines is 1. The van der Waals surface area contributed by atoms with Gasteiger partial charge in [-0.05, 0) is 84.2 Å². The molecule has 22 heteroatoms. The molecule has 0 aliphatic carbocycles. The van der Waals surface area contributed by atoms with Crippen molar-refractivity contribution in [3.8, 4) is 33.3 Å². The SMILES string of the molecule is Cc1ncsc1-c1ccc(CCNC(=O)C2CC(O)CN2C(=O)[C@@H](NC(=O)COCCOCCOCCOC2CCN(C[C@@H](C)Oc3nc(N4CCNCC4)c4cc(Cl)c(-c5cc(O)cc6ccccc56)c(F)c4n3)CC2)C(C)(C)C)cc1. The Morgan fingerprint density at radius 1 is 0.916 bits per heavy atom. The Kier molecular flexibility index (Phi) is 21.2. The summed E-state index contributed by atoms with van der Waals surface area (Å²) in [5, 5.41) is 32.5. The fourth-order valence-electron chi connectivity index (χ4n) is 11.0. The molecule has 3 aliphatic rings. The van der Waals surface area contributed by atoms with Crippen molar-refractivity contribution in [1.29, 1.82) is 0 Å². The van der Waals surface area contributed by atoms with Gasteiger partial charge in [-0.3, -0.25) is 19.3 Å². The molecular formula is C61H77ClFN9O10S. The molecule has 3 amide bonds. The minimum atomic E-state index is -0.969. The van der Waals surface area contributed by atoms with Crippen molar-refractivity contribution in [2.24, 2.45) is 5.41 Å². The molecular weight excluding hydrogens is 1110 g/mol. The number of aromatic nitrogens is 3. The van der Waals surface area contributed by atoms with E-state index >= 15 is 4.39 Å². The summed E-state index contributed by atoms with van der Waals surface area (Å²) in [5.41, 5.74) is 4.96. The number of piperidine rings is 1. The number of thiazole rings is 1. The number of nitrogens with zero attached hydrogens (tertiary/aromatic N) is 6. The van der Waals surface area contributed by atoms with E-state index in [2.05, 4.69) is 35.7 Å². The van der Waals surface area contributed by atoms with Crippen LogP contribution < -0.4 is 25.6 Å². The molecule has 0 radical (unpaired) electrons. The van der Waals surface area contributed by atoms with Gasteiger partial charge in [0.1, 0.15) is 41.9 Å². The van der Waals surface area contributed by atoms with E-state index < -0.39 is 41.2 Å². The normalized spacial score (nSPS) is 18.0. The van der Waals surface area contributed by atoms with E-state index in [1.807, 2.05) is 88.7 Å². The van der Waals surface area contributed by atoms with Crippen LogP contribution in [0.2, 0.25) is 5.02 Å². The Bertz CT molecular complexity index is 3170. The summed E-state index contributed by atoms with van der Waals surface area (Å²) >= 11 is 8.49. The summed E-state index contributed by atoms with van der Waals surface area (Å²) in [6, 6.07) is 18.7. The smallest absolute Gasteiger partial charge is 0.319 e. The lowest BCUT2D eigenvalue weighted by Gasteiger charge is -2.35. The van der Waals surface area contributed by atoms with Crippen LogP contribution in [0.5, 0.6) is 11.8 Å². The predicted molar refractivity (Wildman–Crippen MR) is 319 cm³/mol. The number of aryl methyl sites for hydroxylation is 1. The number of aliphatic hydroxyl groups excluding tert-OH is 1. The molecule has 2 aromatic heterocycles. The number of halogens is 2. The number of aliphatic hydroxyl groups is 1. The third-order valence-corrected chi connectivity index (χ3v) is 16.5. The largest absolute Gasteiger partial charge is 0.508 e. The summed E-state index contributed by atoms with van der Waals surface area (Å²) in [6.45, 7) is 16.5. The second kappa shape index (κ2) is 28.6. The average molecular weight is 1180 g/mol. The Balaban J connectivity index is 0.646. The number of phenols is 1. The van der Waals surface area contributed by atoms with Crippen LogP contribution in [-0.4, -0.2) is 188 Å². The average Bonchev–Trinajstić information content (AvgIpc) is 4.21. The van der Waals surface area contributed by atoms with Crippen LogP contribution in [0, 0.1) is 18.2 Å². The highest BCUT2D eigenvalue weighted by Gasteiger charge is 2.44. The van der Waals surface area contributed by atoms with Crippen molar-refractivity contribution in [2.75, 3.05) is 110 Å². The van der Waals surface area contributed by atoms with Crippen LogP contribution in [-0.2, 0) is 39.8 Å². The summed E-state index contributed by atoms with van der Waals surface area (Å²) in [4.78, 5) is 61.3. The molecule has 2 unspecified atom stereocenters. The van der Waals surface area contributed by atoms with Gasteiger partial charge in [0.25, 0.3) is 0 Å². The zero-order valence-corrected chi connectivity index (χ0v) is 49.5. The van der Waals surface area contributed by atoms with Gasteiger partial charge < -0.3 is 59.6 Å². The van der Waals surface area contributed by atoms with Gasteiger partial charge in [-0.2, -0.15) is 9.97 Å². The Morgan fingerprint density at radius 2 is 1.63 bits per heavy atom. The number of piperazine rings is 1. The van der Waals surface area contributed by atoms with E-state index in [1.54, 1.807) is 23.5 Å². The summed E-state index contributed by atoms with van der Waals surface area (Å²) in [6.07, 6.45) is 1.29. The van der Waals surface area contributed by atoms with Gasteiger partial charge in [0.2, 0.25) is 17.7 Å². The topological polar surface area (TPSA) is 222 Å². The number of carbonyl (C=O) groups excluding carboxylic acids is 3. The second-order valence-corrected chi connectivity index (χ2v) is 23.8. The fourth-order valence-corrected chi connectivity index (χ4v) is 12.1. The molecule has 446 valence electrons. The number of carbonyl (C=O) groups is 3. The van der Waals surface area contributed by atoms with E-state index in [9.17, 15) is 24.6 Å². The number of likely N-dealkylation sites (tertiary alicyclic amines) is 2. The number of amides is 3. The number of rotatable bonds is 25. The van der Waals surface area contributed by atoms with Gasteiger partial charge in [0, 0.05) is 76.3 Å². The van der Waals surface area contributed by atoms with Crippen molar-refractivity contribution in [3.05, 3.63) is 94.3 Å². The van der Waals surface area contributed by atoms with E-state index in [-0.39, 0.29) is 78.8 Å². The van der Waals surface area contributed by atoms with Gasteiger partial charge >= 0.3 is 6.01 Å². The van der Waals surface area contributed by atoms with Gasteiger partial charge in [-0.1, -0.05) is 80.9 Å². The lowest BCUT2D eigenvalue weighted by atomic mass is 9.85. The molecule has 0 bridgehead atoms. The first-order valence-corrected chi connectivity index (χ1v) is 29.9. The van der Waals surface area contributed by atoms with Crippen molar-refractivity contribution >= 4 is 68.2 Å². The molecule has 0 spiro atoms. The van der Waals surface area contributed by atoms with Crippen LogP contribution in [0.4, 0.5) is 10.2 Å². The molecule has 3 fully saturated rings. The zero-order valence-electron chi connectivity index (χ0n) is 48.0. The Hall–Kier alpha value is -6.14. The number of β-amino-alcohol motifs (C(OH)–C–C–N with tert-alkyl or cyclic N) is 1. The first-order chi connectivity index (χ1) is 40.0. The highest BCUT2D eigenvalue weighted by molar-refractivity contribution is 7.13. The first kappa shape index (κ1) is 61.4. The highest BCUT2D eigenvalue weighted by atomic mass is 35.5. The molecule has 3 aliphatic heterocycles. The second-order valence-electron chi connectivity index (χ2n) is 22.6. The number of fused-ring (bicyclic) bond motifs is 2. The van der Waals surface area contributed by atoms with Crippen LogP contribution in [0.25, 0.3) is 43.2 Å². The van der Waals surface area contributed by atoms with Crippen LogP contribution in [0.3, 0.4) is 0 Å². The van der Waals surface area contributed by atoms with Gasteiger partial charge in [-0.15, -0.1) is 11.3 Å². The highest BCUT2D eigenvalue weighted by Crippen LogP contribution is 2.43. The van der Waals surface area contributed by atoms with E-state index in [0.717, 1.165) is 71.5 Å².